The summed E-state index contributed by atoms with van der Waals surface area (Å²) in [4.78, 5) is 20.2. The van der Waals surface area contributed by atoms with E-state index in [9.17, 15) is 0 Å². The Morgan fingerprint density at radius 3 is 0.622 bits per heavy atom. The monoisotopic (exact) mass is 1140 g/mol. The molecule has 0 unspecified atom stereocenters. The van der Waals surface area contributed by atoms with Gasteiger partial charge in [-0.05, 0) is 98.5 Å². The first-order chi connectivity index (χ1) is 36.4. The van der Waals surface area contributed by atoms with Crippen LogP contribution in [0.4, 0.5) is 0 Å². The number of hydrogen-bond donors (Lipinski definition) is 0. The van der Waals surface area contributed by atoms with E-state index in [0.717, 1.165) is 138 Å². The molecule has 0 saturated heterocycles. The first-order valence-electron chi connectivity index (χ1n) is 24.3. The van der Waals surface area contributed by atoms with E-state index in [4.69, 9.17) is 60.7 Å². The zero-order valence-electron chi connectivity index (χ0n) is 41.0. The van der Waals surface area contributed by atoms with Crippen molar-refractivity contribution in [1.29, 1.82) is 0 Å². The van der Waals surface area contributed by atoms with Crippen LogP contribution in [0.1, 0.15) is 27.7 Å². The number of hydrogen-bond acceptors (Lipinski definition) is 4. The van der Waals surface area contributed by atoms with Gasteiger partial charge < -0.3 is 18.3 Å². The molecule has 14 heteroatoms. The number of fused-ring (bicyclic) bond motifs is 4. The zero-order valence-corrected chi connectivity index (χ0v) is 46.0. The number of imidazole rings is 4. The molecule has 0 aliphatic heterocycles. The molecule has 12 rings (SSSR count). The van der Waals surface area contributed by atoms with Gasteiger partial charge in [0.2, 0.25) is 0 Å². The van der Waals surface area contributed by atoms with Crippen molar-refractivity contribution in [2.45, 2.75) is 53.9 Å². The Morgan fingerprint density at radius 1 is 0.270 bits per heavy atom. The number of halogens is 4. The fourth-order valence-corrected chi connectivity index (χ4v) is 10.1. The second-order valence-corrected chi connectivity index (χ2v) is 20.2. The Balaban J connectivity index is 0.000000165. The van der Waals surface area contributed by atoms with Crippen LogP contribution in [0.3, 0.4) is 0 Å². The molecule has 8 aromatic carbocycles. The van der Waals surface area contributed by atoms with Gasteiger partial charge in [0.25, 0.3) is 0 Å². The predicted molar refractivity (Wildman–Crippen MR) is 305 cm³/mol. The molecule has 0 N–H and O–H groups in total. The van der Waals surface area contributed by atoms with Crippen LogP contribution in [0.15, 0.2) is 194 Å². The van der Waals surface area contributed by atoms with E-state index in [1.807, 2.05) is 0 Å². The summed E-state index contributed by atoms with van der Waals surface area (Å²) in [6, 6.07) is 67.8. The van der Waals surface area contributed by atoms with Crippen LogP contribution in [-0.2, 0) is 51.5 Å². The van der Waals surface area contributed by atoms with E-state index in [0.29, 0.717) is 25.3 Å². The van der Waals surface area contributed by atoms with Gasteiger partial charge in [-0.2, -0.15) is 0 Å². The van der Waals surface area contributed by atoms with Gasteiger partial charge in [0.1, 0.15) is 23.3 Å². The molecule has 0 spiro atoms. The molecule has 4 aromatic heterocycles. The number of aryl methyl sites for hydroxylation is 4. The third-order valence-electron chi connectivity index (χ3n) is 13.1. The van der Waals surface area contributed by atoms with Gasteiger partial charge in [0.15, 0.2) is 0 Å². The van der Waals surface area contributed by atoms with Crippen molar-refractivity contribution < 1.29 is 25.3 Å². The fourth-order valence-electron chi connectivity index (χ4n) is 10.1. The van der Waals surface area contributed by atoms with Crippen LogP contribution in [0.2, 0.25) is 0 Å². The molecule has 74 heavy (non-hydrogen) atoms. The minimum atomic E-state index is 0.569. The second-order valence-electron chi connectivity index (χ2n) is 16.9. The van der Waals surface area contributed by atoms with Crippen LogP contribution >= 0.6 is 40.8 Å². The van der Waals surface area contributed by atoms with Crippen molar-refractivity contribution in [3.63, 3.8) is 0 Å². The molecule has 0 aliphatic carbocycles. The third-order valence-corrected chi connectivity index (χ3v) is 13.1. The van der Waals surface area contributed by atoms with Gasteiger partial charge in [0.05, 0.1) is 44.1 Å². The first kappa shape index (κ1) is 52.6. The van der Waals surface area contributed by atoms with Crippen molar-refractivity contribution in [2.24, 2.45) is 0 Å². The van der Waals surface area contributed by atoms with E-state index in [-0.39, 0.29) is 0 Å². The van der Waals surface area contributed by atoms with Crippen molar-refractivity contribution in [1.82, 2.24) is 38.2 Å². The number of benzene rings is 8. The molecular formula is C60H52Cl4N8Ni2. The van der Waals surface area contributed by atoms with Crippen LogP contribution in [0.25, 0.3) is 112 Å². The quantitative estimate of drug-likeness (QED) is 0.128. The summed E-state index contributed by atoms with van der Waals surface area (Å²) in [7, 11) is 18.8. The first-order valence-corrected chi connectivity index (χ1v) is 29.7. The molecule has 0 atom stereocenters. The van der Waals surface area contributed by atoms with E-state index in [2.05, 4.69) is 240 Å². The number of para-hydroxylation sites is 8. The molecule has 0 radical (unpaired) electrons. The summed E-state index contributed by atoms with van der Waals surface area (Å²) in [6.07, 6.45) is 0. The van der Waals surface area contributed by atoms with Gasteiger partial charge in [-0.25, -0.2) is 19.9 Å². The molecule has 0 saturated carbocycles. The Morgan fingerprint density at radius 2 is 0.432 bits per heavy atom. The van der Waals surface area contributed by atoms with E-state index >= 15 is 0 Å². The summed E-state index contributed by atoms with van der Waals surface area (Å²) in [5.74, 6) is 3.99. The van der Waals surface area contributed by atoms with E-state index < -0.39 is 0 Å². The van der Waals surface area contributed by atoms with Crippen LogP contribution < -0.4 is 0 Å². The molecule has 0 fully saturated rings. The summed E-state index contributed by atoms with van der Waals surface area (Å²) in [5.41, 5.74) is 17.9. The van der Waals surface area contributed by atoms with Crippen LogP contribution in [-0.4, -0.2) is 38.2 Å². The van der Waals surface area contributed by atoms with Gasteiger partial charge in [-0.15, -0.1) is 0 Å². The van der Waals surface area contributed by atoms with Gasteiger partial charge in [-0.1, -0.05) is 146 Å². The maximum atomic E-state index is 5.05. The molecule has 12 aromatic rings. The topological polar surface area (TPSA) is 71.3 Å². The van der Waals surface area contributed by atoms with E-state index in [1.54, 1.807) is 0 Å². The molecular weight excluding hydrogens is 1090 g/mol. The average Bonchev–Trinajstić information content (AvgIpc) is 4.24. The Hall–Kier alpha value is -6.21. The Kier molecular flexibility index (Phi) is 17.7. The maximum absolute atomic E-state index is 5.05. The normalized spacial score (nSPS) is 11.1. The molecule has 0 bridgehead atoms. The molecule has 8 nitrogen and oxygen atoms in total. The fraction of sp³-hybridized carbons (Fsp3) is 0.133. The molecule has 0 aliphatic rings. The second kappa shape index (κ2) is 24.9. The zero-order chi connectivity index (χ0) is 51.6. The SMILES string of the molecule is CCn1c(-c2ccccc2-c2ccccc2-c2nc3ccccc3n2CC)nc2ccccc21.CCn1c(-c2ccccc2-c2ccccc2-c2nc3ccccc3n2CC)nc2ccccc21.[Cl][Ni][Cl].[Cl][Ni][Cl]. The Labute approximate surface area is 460 Å². The van der Waals surface area contributed by atoms with Crippen LogP contribution in [0.5, 0.6) is 0 Å². The summed E-state index contributed by atoms with van der Waals surface area (Å²) >= 11 is 1.14. The number of nitrogens with zero attached hydrogens (tertiary/aromatic N) is 8. The molecule has 4 heterocycles. The molecule has 0 amide bonds. The average molecular weight is 1140 g/mol. The van der Waals surface area contributed by atoms with Crippen LogP contribution in [0, 0.1) is 0 Å². The van der Waals surface area contributed by atoms with Gasteiger partial charge >= 0.3 is 66.1 Å². The van der Waals surface area contributed by atoms with Gasteiger partial charge in [0, 0.05) is 48.4 Å². The van der Waals surface area contributed by atoms with Crippen molar-refractivity contribution in [3.05, 3.63) is 194 Å². The Bertz CT molecular complexity index is 3340. The number of rotatable bonds is 10. The summed E-state index contributed by atoms with van der Waals surface area (Å²) in [5, 5.41) is 0. The van der Waals surface area contributed by atoms with Gasteiger partial charge in [-0.3, -0.25) is 0 Å². The van der Waals surface area contributed by atoms with Crippen molar-refractivity contribution in [2.75, 3.05) is 0 Å². The minimum absolute atomic E-state index is 0.569. The standard InChI is InChI=1S/2C30H26N4.4ClH.2Ni/c2*1-3-33-27-19-11-9-17-25(27)31-29(33)23-15-7-5-13-21(23)22-14-6-8-16-24(22)30-32-26-18-10-12-20-28(26)34(30)4-2;;;;;;/h2*5-20H,3-4H2,1-2H3;4*1H;;/q;;;;;;2*+2/p-4. The number of aromatic nitrogens is 8. The van der Waals surface area contributed by atoms with E-state index in [1.165, 1.54) is 0 Å². The van der Waals surface area contributed by atoms with Crippen molar-refractivity contribution >= 4 is 84.9 Å². The molecule has 380 valence electrons. The third kappa shape index (κ3) is 10.5. The summed E-state index contributed by atoms with van der Waals surface area (Å²) in [6.45, 7) is 12.1. The van der Waals surface area contributed by atoms with Crippen molar-refractivity contribution in [3.8, 4) is 67.8 Å². The predicted octanol–water partition coefficient (Wildman–Crippen LogP) is 17.6. The summed E-state index contributed by atoms with van der Waals surface area (Å²) < 4.78 is 9.21.